The van der Waals surface area contributed by atoms with Gasteiger partial charge in [0.05, 0.1) is 27.7 Å². The van der Waals surface area contributed by atoms with Crippen LogP contribution in [-0.2, 0) is 28.4 Å². The first kappa shape index (κ1) is 25.8. The van der Waals surface area contributed by atoms with Crippen LogP contribution in [0.5, 0.6) is 0 Å². The molecule has 3 aromatic rings. The highest BCUT2D eigenvalue weighted by Crippen LogP contribution is 2.43. The minimum absolute atomic E-state index is 0.0183. The molecule has 0 atom stereocenters. The maximum Gasteiger partial charge on any atom is 0.416 e. The number of benzene rings is 2. The number of amidine groups is 1. The van der Waals surface area contributed by atoms with Crippen molar-refractivity contribution in [3.8, 4) is 0 Å². The summed E-state index contributed by atoms with van der Waals surface area (Å²) in [7, 11) is 0. The van der Waals surface area contributed by atoms with E-state index in [4.69, 9.17) is 0 Å². The Hall–Kier alpha value is -3.81. The molecular formula is C24H16F6N4O3S. The molecule has 2 aromatic carbocycles. The largest absolute Gasteiger partial charge is 0.480 e. The summed E-state index contributed by atoms with van der Waals surface area (Å²) < 4.78 is 81.1. The zero-order chi connectivity index (χ0) is 27.5. The minimum Gasteiger partial charge on any atom is -0.480 e. The number of aliphatic imine (C=N–C) groups is 1. The Labute approximate surface area is 214 Å². The number of carbonyl (C=O) groups is 2. The van der Waals surface area contributed by atoms with Gasteiger partial charge in [0, 0.05) is 5.39 Å². The molecule has 0 unspecified atom stereocenters. The summed E-state index contributed by atoms with van der Waals surface area (Å²) in [5.41, 5.74) is -3.63. The van der Waals surface area contributed by atoms with Crippen LogP contribution in [0.3, 0.4) is 0 Å². The number of nitrogens with one attached hydrogen (secondary N) is 2. The molecule has 1 aliphatic carbocycles. The monoisotopic (exact) mass is 554 g/mol. The Balaban J connectivity index is 1.60. The third-order valence-corrected chi connectivity index (χ3v) is 7.29. The van der Waals surface area contributed by atoms with Gasteiger partial charge in [-0.3, -0.25) is 9.89 Å². The van der Waals surface area contributed by atoms with Crippen LogP contribution in [0.4, 0.5) is 26.3 Å². The standard InChI is InChI=1S/C24H16F6N4O3S/c25-23(26,27)14-3-1-12(16(9-14)24(28,29)30)8-15(11-2-4-17-13(7-11)10-31-34-17)18-19(35)32-21(38-18)33-22(5-6-22)20(36)37/h1-4,7,9-10H,5-6,8H2,(H,31,34)(H,36,37)(H,32,33,35). The number of carboxylic acid groups (broad SMARTS) is 1. The molecule has 198 valence electrons. The zero-order valence-electron chi connectivity index (χ0n) is 19.0. The number of carbonyl (C=O) groups excluding carboxylic acids is 1. The van der Waals surface area contributed by atoms with E-state index >= 15 is 0 Å². The number of amides is 1. The minimum atomic E-state index is -5.10. The maximum atomic E-state index is 13.9. The first-order chi connectivity index (χ1) is 17.8. The second kappa shape index (κ2) is 8.89. The van der Waals surface area contributed by atoms with E-state index in [1.54, 1.807) is 18.2 Å². The number of fused-ring (bicyclic) bond motifs is 1. The van der Waals surface area contributed by atoms with Crippen molar-refractivity contribution in [1.82, 2.24) is 15.5 Å². The molecule has 3 N–H and O–H groups in total. The van der Waals surface area contributed by atoms with Crippen LogP contribution in [-0.4, -0.2) is 37.9 Å². The highest BCUT2D eigenvalue weighted by atomic mass is 32.2. The first-order valence-electron chi connectivity index (χ1n) is 11.0. The molecule has 0 radical (unpaired) electrons. The van der Waals surface area contributed by atoms with Gasteiger partial charge in [0.1, 0.15) is 5.54 Å². The number of halogens is 6. The van der Waals surface area contributed by atoms with Gasteiger partial charge in [-0.15, -0.1) is 0 Å². The van der Waals surface area contributed by atoms with E-state index in [2.05, 4.69) is 20.5 Å². The van der Waals surface area contributed by atoms with E-state index in [1.165, 1.54) is 6.20 Å². The Bertz CT molecular complexity index is 1540. The Kier molecular flexibility index (Phi) is 6.04. The van der Waals surface area contributed by atoms with Crippen molar-refractivity contribution in [1.29, 1.82) is 0 Å². The van der Waals surface area contributed by atoms with Crippen LogP contribution in [0.15, 0.2) is 52.5 Å². The SMILES string of the molecule is O=C1N=C(NC2(C(=O)O)CC2)SC1=C(Cc1ccc(C(F)(F)F)cc1C(F)(F)F)c1ccc2[nH]ncc2c1. The van der Waals surface area contributed by atoms with Crippen LogP contribution in [0.2, 0.25) is 0 Å². The topological polar surface area (TPSA) is 107 Å². The van der Waals surface area contributed by atoms with E-state index in [0.717, 1.165) is 17.8 Å². The van der Waals surface area contributed by atoms with Crippen molar-refractivity contribution < 1.29 is 41.0 Å². The Morgan fingerprint density at radius 3 is 2.45 bits per heavy atom. The van der Waals surface area contributed by atoms with Crippen LogP contribution in [0.1, 0.15) is 35.1 Å². The molecular weight excluding hydrogens is 538 g/mol. The molecule has 2 heterocycles. The van der Waals surface area contributed by atoms with Crippen molar-refractivity contribution in [2.24, 2.45) is 4.99 Å². The van der Waals surface area contributed by atoms with Gasteiger partial charge in [-0.05, 0) is 72.0 Å². The number of aromatic amines is 1. The van der Waals surface area contributed by atoms with Gasteiger partial charge in [0.2, 0.25) is 0 Å². The summed E-state index contributed by atoms with van der Waals surface area (Å²) >= 11 is 0.774. The van der Waals surface area contributed by atoms with Gasteiger partial charge in [0.15, 0.2) is 5.17 Å². The number of hydrogen-bond donors (Lipinski definition) is 3. The summed E-state index contributed by atoms with van der Waals surface area (Å²) in [6, 6.07) is 6.08. The summed E-state index contributed by atoms with van der Waals surface area (Å²) in [6.07, 6.45) is -8.55. The maximum absolute atomic E-state index is 13.9. The van der Waals surface area contributed by atoms with Gasteiger partial charge >= 0.3 is 18.3 Å². The van der Waals surface area contributed by atoms with Gasteiger partial charge in [-0.25, -0.2) is 4.79 Å². The number of allylic oxidation sites excluding steroid dienone is 1. The van der Waals surface area contributed by atoms with Crippen molar-refractivity contribution >= 4 is 45.3 Å². The van der Waals surface area contributed by atoms with Crippen molar-refractivity contribution in [2.45, 2.75) is 37.2 Å². The van der Waals surface area contributed by atoms with Crippen LogP contribution < -0.4 is 5.32 Å². The number of nitrogens with zero attached hydrogens (tertiary/aromatic N) is 2. The van der Waals surface area contributed by atoms with E-state index in [1.807, 2.05) is 0 Å². The van der Waals surface area contributed by atoms with E-state index in [0.29, 0.717) is 35.4 Å². The summed E-state index contributed by atoms with van der Waals surface area (Å²) in [4.78, 5) is 28.2. The molecule has 14 heteroatoms. The molecule has 1 aromatic heterocycles. The lowest BCUT2D eigenvalue weighted by Crippen LogP contribution is -2.41. The molecule has 0 bridgehead atoms. The molecule has 2 aliphatic rings. The second-order valence-corrected chi connectivity index (χ2v) is 9.86. The van der Waals surface area contributed by atoms with Crippen LogP contribution in [0, 0.1) is 0 Å². The van der Waals surface area contributed by atoms with Gasteiger partial charge in [-0.1, -0.05) is 12.1 Å². The molecule has 0 saturated heterocycles. The van der Waals surface area contributed by atoms with Gasteiger partial charge in [0.25, 0.3) is 5.91 Å². The predicted molar refractivity (Wildman–Crippen MR) is 126 cm³/mol. The molecule has 5 rings (SSSR count). The summed E-state index contributed by atoms with van der Waals surface area (Å²) in [5.74, 6) is -1.93. The number of H-pyrrole nitrogens is 1. The fraction of sp³-hybridized carbons (Fsp3) is 0.250. The number of thioether (sulfide) groups is 1. The number of aliphatic carboxylic acids is 1. The number of hydrogen-bond acceptors (Lipinski definition) is 5. The average molecular weight is 554 g/mol. The smallest absolute Gasteiger partial charge is 0.416 e. The lowest BCUT2D eigenvalue weighted by atomic mass is 9.92. The van der Waals surface area contributed by atoms with Crippen molar-refractivity contribution in [2.75, 3.05) is 0 Å². The predicted octanol–water partition coefficient (Wildman–Crippen LogP) is 5.39. The quantitative estimate of drug-likeness (QED) is 0.289. The van der Waals surface area contributed by atoms with Crippen molar-refractivity contribution in [3.05, 3.63) is 69.8 Å². The van der Waals surface area contributed by atoms with Crippen LogP contribution >= 0.6 is 11.8 Å². The number of alkyl halides is 6. The third-order valence-electron chi connectivity index (χ3n) is 6.27. The lowest BCUT2D eigenvalue weighted by molar-refractivity contribution is -0.143. The Morgan fingerprint density at radius 1 is 1.08 bits per heavy atom. The lowest BCUT2D eigenvalue weighted by Gasteiger charge is -2.18. The normalized spacial score (nSPS) is 18.5. The number of rotatable bonds is 5. The highest BCUT2D eigenvalue weighted by molar-refractivity contribution is 8.18. The fourth-order valence-electron chi connectivity index (χ4n) is 4.08. The van der Waals surface area contributed by atoms with Gasteiger partial charge in [-0.2, -0.15) is 36.4 Å². The summed E-state index contributed by atoms with van der Waals surface area (Å²) in [5, 5.41) is 19.3. The van der Waals surface area contributed by atoms with E-state index < -0.39 is 52.9 Å². The average Bonchev–Trinajstić information content (AvgIpc) is 3.31. The molecule has 1 amide bonds. The second-order valence-electron chi connectivity index (χ2n) is 8.86. The summed E-state index contributed by atoms with van der Waals surface area (Å²) in [6.45, 7) is 0. The number of aromatic nitrogens is 2. The van der Waals surface area contributed by atoms with Crippen LogP contribution in [0.25, 0.3) is 16.5 Å². The molecule has 0 spiro atoms. The fourth-order valence-corrected chi connectivity index (χ4v) is 5.09. The highest BCUT2D eigenvalue weighted by Gasteiger charge is 2.52. The zero-order valence-corrected chi connectivity index (χ0v) is 19.8. The third kappa shape index (κ3) is 4.87. The molecule has 1 aliphatic heterocycles. The van der Waals surface area contributed by atoms with Crippen molar-refractivity contribution in [3.63, 3.8) is 0 Å². The Morgan fingerprint density at radius 2 is 1.82 bits per heavy atom. The number of carboxylic acids is 1. The molecule has 1 saturated carbocycles. The van der Waals surface area contributed by atoms with E-state index in [-0.39, 0.29) is 21.7 Å². The molecule has 1 fully saturated rings. The molecule has 38 heavy (non-hydrogen) atoms. The van der Waals surface area contributed by atoms with E-state index in [9.17, 15) is 41.0 Å². The first-order valence-corrected chi connectivity index (χ1v) is 11.8. The van der Waals surface area contributed by atoms with Gasteiger partial charge < -0.3 is 10.4 Å². The molecule has 7 nitrogen and oxygen atoms in total.